The molecule has 28 heavy (non-hydrogen) atoms. The van der Waals surface area contributed by atoms with E-state index in [0.29, 0.717) is 5.69 Å². The molecule has 0 aliphatic carbocycles. The van der Waals surface area contributed by atoms with Crippen molar-refractivity contribution in [2.45, 2.75) is 33.2 Å². The Balaban J connectivity index is 1.45. The van der Waals surface area contributed by atoms with Crippen molar-refractivity contribution in [1.29, 1.82) is 0 Å². The molecule has 0 bridgehead atoms. The van der Waals surface area contributed by atoms with Gasteiger partial charge in [0, 0.05) is 31.9 Å². The summed E-state index contributed by atoms with van der Waals surface area (Å²) in [5.74, 6) is -0.190. The molecule has 0 unspecified atom stereocenters. The van der Waals surface area contributed by atoms with Gasteiger partial charge < -0.3 is 4.90 Å². The van der Waals surface area contributed by atoms with Gasteiger partial charge in [-0.05, 0) is 50.1 Å². The number of hydrogen-bond acceptors (Lipinski definition) is 4. The van der Waals surface area contributed by atoms with Crippen LogP contribution in [0.4, 0.5) is 11.4 Å². The Bertz CT molecular complexity index is 899. The number of carbonyl (C=O) groups excluding carboxylic acids is 2. The fourth-order valence-corrected chi connectivity index (χ4v) is 4.20. The van der Waals surface area contributed by atoms with Gasteiger partial charge in [-0.1, -0.05) is 29.8 Å². The predicted octanol–water partition coefficient (Wildman–Crippen LogP) is 3.07. The number of rotatable bonds is 3. The number of hydrogen-bond donors (Lipinski definition) is 0. The Kier molecular flexibility index (Phi) is 4.94. The van der Waals surface area contributed by atoms with E-state index in [1.165, 1.54) is 21.7 Å². The van der Waals surface area contributed by atoms with Gasteiger partial charge in [0.2, 0.25) is 5.91 Å². The molecule has 2 aliphatic rings. The zero-order valence-electron chi connectivity index (χ0n) is 16.8. The highest BCUT2D eigenvalue weighted by molar-refractivity contribution is 6.22. The molecule has 0 N–H and O–H groups in total. The quantitative estimate of drug-likeness (QED) is 0.771. The maximum absolute atomic E-state index is 13.0. The molecule has 2 amide bonds. The first kappa shape index (κ1) is 18.7. The smallest absolute Gasteiger partial charge is 0.251 e. The summed E-state index contributed by atoms with van der Waals surface area (Å²) < 4.78 is 0. The molecule has 5 nitrogen and oxygen atoms in total. The summed E-state index contributed by atoms with van der Waals surface area (Å²) in [5.41, 5.74) is 5.60. The highest BCUT2D eigenvalue weighted by Crippen LogP contribution is 2.28. The van der Waals surface area contributed by atoms with E-state index in [2.05, 4.69) is 41.8 Å². The normalized spacial score (nSPS) is 20.9. The molecule has 0 radical (unpaired) electrons. The molecule has 0 aromatic heterocycles. The van der Waals surface area contributed by atoms with Gasteiger partial charge in [-0.25, -0.2) is 4.90 Å². The molecule has 2 aliphatic heterocycles. The van der Waals surface area contributed by atoms with Crippen molar-refractivity contribution in [2.24, 2.45) is 0 Å². The van der Waals surface area contributed by atoms with Crippen LogP contribution < -0.4 is 9.80 Å². The lowest BCUT2D eigenvalue weighted by molar-refractivity contribution is -0.123. The van der Waals surface area contributed by atoms with Gasteiger partial charge in [-0.3, -0.25) is 14.5 Å². The number of piperazine rings is 1. The van der Waals surface area contributed by atoms with Crippen LogP contribution in [0.25, 0.3) is 0 Å². The number of amides is 2. The molecule has 2 aromatic rings. The van der Waals surface area contributed by atoms with E-state index in [0.717, 1.165) is 31.7 Å². The third-order valence-corrected chi connectivity index (χ3v) is 5.88. The first-order valence-electron chi connectivity index (χ1n) is 9.94. The fraction of sp³-hybridized carbons (Fsp3) is 0.391. The average molecular weight is 377 g/mol. The van der Waals surface area contributed by atoms with Crippen LogP contribution in [0.2, 0.25) is 0 Å². The number of nitrogens with zero attached hydrogens (tertiary/aromatic N) is 3. The molecule has 2 saturated heterocycles. The molecule has 5 heteroatoms. The van der Waals surface area contributed by atoms with Crippen molar-refractivity contribution in [1.82, 2.24) is 4.90 Å². The van der Waals surface area contributed by atoms with Crippen LogP contribution >= 0.6 is 0 Å². The zero-order valence-corrected chi connectivity index (χ0v) is 16.8. The number of anilines is 2. The minimum Gasteiger partial charge on any atom is -0.369 e. The lowest BCUT2D eigenvalue weighted by atomic mass is 10.1. The van der Waals surface area contributed by atoms with Crippen LogP contribution in [-0.4, -0.2) is 48.9 Å². The van der Waals surface area contributed by atoms with Gasteiger partial charge in [-0.15, -0.1) is 0 Å². The van der Waals surface area contributed by atoms with Crippen molar-refractivity contribution in [3.05, 3.63) is 59.2 Å². The molecule has 0 spiro atoms. The molecular weight excluding hydrogens is 350 g/mol. The van der Waals surface area contributed by atoms with E-state index in [1.807, 2.05) is 31.2 Å². The maximum atomic E-state index is 13.0. The van der Waals surface area contributed by atoms with Gasteiger partial charge in [0.25, 0.3) is 5.91 Å². The number of aryl methyl sites for hydroxylation is 3. The minimum atomic E-state index is -0.338. The Hall–Kier alpha value is -2.66. The first-order chi connectivity index (χ1) is 13.4. The standard InChI is InChI=1S/C23H27N3O2/c1-16-5-8-19(9-6-16)26-22(27)15-21(23(26)28)25-12-10-24(11-13-25)20-14-17(2)4-7-18(20)3/h4-9,14,21H,10-13,15H2,1-3H3/t21-/m0/s1. The predicted molar refractivity (Wildman–Crippen MR) is 112 cm³/mol. The summed E-state index contributed by atoms with van der Waals surface area (Å²) in [6.45, 7) is 9.56. The Labute approximate surface area is 166 Å². The van der Waals surface area contributed by atoms with Gasteiger partial charge in [0.1, 0.15) is 0 Å². The van der Waals surface area contributed by atoms with E-state index in [1.54, 1.807) is 0 Å². The van der Waals surface area contributed by atoms with E-state index in [9.17, 15) is 9.59 Å². The highest BCUT2D eigenvalue weighted by Gasteiger charge is 2.43. The molecular formula is C23H27N3O2. The van der Waals surface area contributed by atoms with Crippen molar-refractivity contribution in [3.63, 3.8) is 0 Å². The molecule has 0 saturated carbocycles. The van der Waals surface area contributed by atoms with Gasteiger partial charge >= 0.3 is 0 Å². The summed E-state index contributed by atoms with van der Waals surface area (Å²) in [6.07, 6.45) is 0.274. The highest BCUT2D eigenvalue weighted by atomic mass is 16.2. The second kappa shape index (κ2) is 7.40. The van der Waals surface area contributed by atoms with Crippen LogP contribution in [0.3, 0.4) is 0 Å². The van der Waals surface area contributed by atoms with Crippen LogP contribution in [-0.2, 0) is 9.59 Å². The third kappa shape index (κ3) is 3.42. The van der Waals surface area contributed by atoms with Gasteiger partial charge in [0.15, 0.2) is 0 Å². The third-order valence-electron chi connectivity index (χ3n) is 5.88. The maximum Gasteiger partial charge on any atom is 0.251 e. The van der Waals surface area contributed by atoms with Crippen LogP contribution in [0.15, 0.2) is 42.5 Å². The fourth-order valence-electron chi connectivity index (χ4n) is 4.20. The van der Waals surface area contributed by atoms with Crippen molar-refractivity contribution in [2.75, 3.05) is 36.0 Å². The van der Waals surface area contributed by atoms with Crippen molar-refractivity contribution in [3.8, 4) is 0 Å². The largest absolute Gasteiger partial charge is 0.369 e. The van der Waals surface area contributed by atoms with Crippen LogP contribution in [0, 0.1) is 20.8 Å². The molecule has 4 rings (SSSR count). The van der Waals surface area contributed by atoms with E-state index < -0.39 is 0 Å². The second-order valence-corrected chi connectivity index (χ2v) is 7.94. The lowest BCUT2D eigenvalue weighted by Gasteiger charge is -2.38. The Morgan fingerprint density at radius 2 is 1.46 bits per heavy atom. The van der Waals surface area contributed by atoms with Crippen molar-refractivity contribution < 1.29 is 9.59 Å². The van der Waals surface area contributed by atoms with Crippen LogP contribution in [0.5, 0.6) is 0 Å². The molecule has 2 fully saturated rings. The number of carbonyl (C=O) groups is 2. The first-order valence-corrected chi connectivity index (χ1v) is 9.94. The summed E-state index contributed by atoms with van der Waals surface area (Å²) in [4.78, 5) is 31.5. The van der Waals surface area contributed by atoms with Gasteiger partial charge in [-0.2, -0.15) is 0 Å². The summed E-state index contributed by atoms with van der Waals surface area (Å²) in [5, 5.41) is 0. The zero-order chi connectivity index (χ0) is 19.8. The topological polar surface area (TPSA) is 43.9 Å². The molecule has 2 heterocycles. The number of imide groups is 1. The number of benzene rings is 2. The monoisotopic (exact) mass is 377 g/mol. The van der Waals surface area contributed by atoms with Crippen LogP contribution in [0.1, 0.15) is 23.1 Å². The summed E-state index contributed by atoms with van der Waals surface area (Å²) in [6, 6.07) is 13.8. The lowest BCUT2D eigenvalue weighted by Crippen LogP contribution is -2.52. The molecule has 146 valence electrons. The summed E-state index contributed by atoms with van der Waals surface area (Å²) in [7, 11) is 0. The van der Waals surface area contributed by atoms with Crippen molar-refractivity contribution >= 4 is 23.2 Å². The van der Waals surface area contributed by atoms with E-state index >= 15 is 0 Å². The average Bonchev–Trinajstić information content (AvgIpc) is 2.99. The molecule has 1 atom stereocenters. The van der Waals surface area contributed by atoms with E-state index in [4.69, 9.17) is 0 Å². The van der Waals surface area contributed by atoms with Gasteiger partial charge in [0.05, 0.1) is 18.2 Å². The molecule has 2 aromatic carbocycles. The second-order valence-electron chi connectivity index (χ2n) is 7.94. The van der Waals surface area contributed by atoms with E-state index in [-0.39, 0.29) is 24.3 Å². The minimum absolute atomic E-state index is 0.0889. The SMILES string of the molecule is Cc1ccc(N2C(=O)C[C@H](N3CCN(c4cc(C)ccc4C)CC3)C2=O)cc1. The summed E-state index contributed by atoms with van der Waals surface area (Å²) >= 11 is 0. The Morgan fingerprint density at radius 3 is 2.14 bits per heavy atom. The Morgan fingerprint density at radius 1 is 0.821 bits per heavy atom.